The number of aliphatic hydroxyl groups excluding tert-OH is 1. The van der Waals surface area contributed by atoms with Gasteiger partial charge in [-0.1, -0.05) is 5.16 Å². The number of nitrogens with zero attached hydrogens (tertiary/aromatic N) is 1. The first-order valence-electron chi connectivity index (χ1n) is 3.25. The summed E-state index contributed by atoms with van der Waals surface area (Å²) in [4.78, 5) is 4.81. The van der Waals surface area contributed by atoms with Crippen molar-refractivity contribution < 1.29 is 9.94 Å². The van der Waals surface area contributed by atoms with Gasteiger partial charge < -0.3 is 9.94 Å². The molecule has 9 heavy (non-hydrogen) atoms. The molecule has 1 saturated carbocycles. The van der Waals surface area contributed by atoms with Crippen molar-refractivity contribution in [2.75, 3.05) is 6.61 Å². The van der Waals surface area contributed by atoms with Crippen molar-refractivity contribution in [1.29, 1.82) is 0 Å². The summed E-state index contributed by atoms with van der Waals surface area (Å²) in [5.41, 5.74) is 1.06. The third-order valence-electron chi connectivity index (χ3n) is 2.02. The van der Waals surface area contributed by atoms with Crippen LogP contribution in [0.4, 0.5) is 0 Å². The number of oxime groups is 1. The first-order chi connectivity index (χ1) is 4.38. The molecular weight excluding hydrogens is 118 g/mol. The molecule has 1 aliphatic heterocycles. The van der Waals surface area contributed by atoms with Gasteiger partial charge in [0.05, 0.1) is 17.7 Å². The predicted octanol–water partition coefficient (Wildman–Crippen LogP) is 0.143. The zero-order valence-corrected chi connectivity index (χ0v) is 5.08. The number of fused-ring (bicyclic) bond motifs is 1. The summed E-state index contributed by atoms with van der Waals surface area (Å²) in [5.74, 6) is 0.227. The predicted molar refractivity (Wildman–Crippen MR) is 32.1 cm³/mol. The fourth-order valence-electron chi connectivity index (χ4n) is 1.43. The summed E-state index contributed by atoms with van der Waals surface area (Å²) in [7, 11) is 0. The second-order valence-corrected chi connectivity index (χ2v) is 2.59. The van der Waals surface area contributed by atoms with Gasteiger partial charge >= 0.3 is 0 Å². The van der Waals surface area contributed by atoms with Crippen LogP contribution < -0.4 is 0 Å². The van der Waals surface area contributed by atoms with Gasteiger partial charge in [-0.15, -0.1) is 0 Å². The molecule has 2 unspecified atom stereocenters. The highest BCUT2D eigenvalue weighted by Gasteiger charge is 2.35. The number of rotatable bonds is 0. The average Bonchev–Trinajstić information content (AvgIpc) is 2.35. The minimum atomic E-state index is -0.189. The normalized spacial score (nSPS) is 39.9. The van der Waals surface area contributed by atoms with Crippen LogP contribution in [0.1, 0.15) is 12.8 Å². The van der Waals surface area contributed by atoms with Gasteiger partial charge in [0.15, 0.2) is 0 Å². The molecule has 3 nitrogen and oxygen atoms in total. The lowest BCUT2D eigenvalue weighted by Gasteiger charge is -2.04. The molecule has 0 spiro atoms. The molecule has 3 heteroatoms. The second-order valence-electron chi connectivity index (χ2n) is 2.59. The fourth-order valence-corrected chi connectivity index (χ4v) is 1.43. The van der Waals surface area contributed by atoms with Gasteiger partial charge in [-0.25, -0.2) is 0 Å². The SMILES string of the molecule is OC1CCC2=NOCC21. The highest BCUT2D eigenvalue weighted by molar-refractivity contribution is 5.89. The van der Waals surface area contributed by atoms with Crippen molar-refractivity contribution in [2.24, 2.45) is 11.1 Å². The molecule has 2 aliphatic rings. The van der Waals surface area contributed by atoms with Crippen molar-refractivity contribution in [3.05, 3.63) is 0 Å². The summed E-state index contributed by atoms with van der Waals surface area (Å²) in [6.07, 6.45) is 1.60. The summed E-state index contributed by atoms with van der Waals surface area (Å²) in [6, 6.07) is 0. The van der Waals surface area contributed by atoms with Gasteiger partial charge in [0, 0.05) is 0 Å². The fraction of sp³-hybridized carbons (Fsp3) is 0.833. The summed E-state index contributed by atoms with van der Waals surface area (Å²) in [6.45, 7) is 0.594. The summed E-state index contributed by atoms with van der Waals surface area (Å²) >= 11 is 0. The minimum absolute atomic E-state index is 0.189. The van der Waals surface area contributed by atoms with Crippen molar-refractivity contribution in [1.82, 2.24) is 0 Å². The molecule has 2 rings (SSSR count). The third kappa shape index (κ3) is 0.645. The topological polar surface area (TPSA) is 41.8 Å². The second kappa shape index (κ2) is 1.70. The Balaban J connectivity index is 2.20. The van der Waals surface area contributed by atoms with E-state index in [4.69, 9.17) is 4.84 Å². The van der Waals surface area contributed by atoms with E-state index in [1.165, 1.54) is 0 Å². The van der Waals surface area contributed by atoms with E-state index in [-0.39, 0.29) is 12.0 Å². The van der Waals surface area contributed by atoms with Gasteiger partial charge in [0.25, 0.3) is 0 Å². The van der Waals surface area contributed by atoms with Crippen LogP contribution in [0.5, 0.6) is 0 Å². The molecule has 0 radical (unpaired) electrons. The van der Waals surface area contributed by atoms with Gasteiger partial charge in [-0.3, -0.25) is 0 Å². The zero-order valence-electron chi connectivity index (χ0n) is 5.08. The van der Waals surface area contributed by atoms with Crippen LogP contribution in [-0.2, 0) is 4.84 Å². The van der Waals surface area contributed by atoms with Crippen LogP contribution in [0, 0.1) is 5.92 Å². The average molecular weight is 127 g/mol. The Morgan fingerprint density at radius 1 is 1.67 bits per heavy atom. The Morgan fingerprint density at radius 2 is 2.56 bits per heavy atom. The Labute approximate surface area is 53.3 Å². The van der Waals surface area contributed by atoms with Crippen LogP contribution in [0.25, 0.3) is 0 Å². The molecule has 0 aromatic rings. The van der Waals surface area contributed by atoms with Gasteiger partial charge in [-0.05, 0) is 12.8 Å². The van der Waals surface area contributed by atoms with Gasteiger partial charge in [-0.2, -0.15) is 0 Å². The van der Waals surface area contributed by atoms with Crippen LogP contribution in [-0.4, -0.2) is 23.5 Å². The van der Waals surface area contributed by atoms with Crippen LogP contribution in [0.3, 0.4) is 0 Å². The van der Waals surface area contributed by atoms with Crippen LogP contribution in [0.2, 0.25) is 0 Å². The van der Waals surface area contributed by atoms with E-state index < -0.39 is 0 Å². The summed E-state index contributed by atoms with van der Waals surface area (Å²) < 4.78 is 0. The lowest BCUT2D eigenvalue weighted by Crippen LogP contribution is -2.18. The number of hydrogen-bond acceptors (Lipinski definition) is 3. The smallest absolute Gasteiger partial charge is 0.127 e. The largest absolute Gasteiger partial charge is 0.395 e. The molecule has 0 saturated heterocycles. The maximum Gasteiger partial charge on any atom is 0.127 e. The molecule has 1 fully saturated rings. The zero-order chi connectivity index (χ0) is 6.27. The van der Waals surface area contributed by atoms with E-state index in [1.807, 2.05) is 0 Å². The number of hydrogen-bond donors (Lipinski definition) is 1. The Morgan fingerprint density at radius 3 is 3.33 bits per heavy atom. The van der Waals surface area contributed by atoms with Gasteiger partial charge in [0.1, 0.15) is 6.61 Å². The Bertz CT molecular complexity index is 155. The standard InChI is InChI=1S/C6H9NO2/c8-6-2-1-5-4(6)3-9-7-5/h4,6,8H,1-3H2. The van der Waals surface area contributed by atoms with E-state index in [9.17, 15) is 5.11 Å². The maximum absolute atomic E-state index is 9.24. The molecular formula is C6H9NO2. The van der Waals surface area contributed by atoms with E-state index >= 15 is 0 Å². The van der Waals surface area contributed by atoms with Crippen molar-refractivity contribution in [3.8, 4) is 0 Å². The van der Waals surface area contributed by atoms with E-state index in [0.717, 1.165) is 18.6 Å². The van der Waals surface area contributed by atoms with Crippen molar-refractivity contribution in [2.45, 2.75) is 18.9 Å². The molecule has 1 N–H and O–H groups in total. The van der Waals surface area contributed by atoms with E-state index in [2.05, 4.69) is 5.16 Å². The quantitative estimate of drug-likeness (QED) is 0.503. The van der Waals surface area contributed by atoms with Crippen LogP contribution >= 0.6 is 0 Å². The summed E-state index contributed by atoms with van der Waals surface area (Å²) in [5, 5.41) is 13.0. The minimum Gasteiger partial charge on any atom is -0.395 e. The molecule has 1 aliphatic carbocycles. The lowest BCUT2D eigenvalue weighted by atomic mass is 10.1. The first kappa shape index (κ1) is 5.23. The molecule has 0 bridgehead atoms. The van der Waals surface area contributed by atoms with Crippen molar-refractivity contribution in [3.63, 3.8) is 0 Å². The third-order valence-corrected chi connectivity index (χ3v) is 2.02. The Hall–Kier alpha value is -0.570. The van der Waals surface area contributed by atoms with Crippen molar-refractivity contribution >= 4 is 5.71 Å². The van der Waals surface area contributed by atoms with Crippen LogP contribution in [0.15, 0.2) is 5.16 Å². The van der Waals surface area contributed by atoms with E-state index in [1.54, 1.807) is 0 Å². The van der Waals surface area contributed by atoms with Gasteiger partial charge in [0.2, 0.25) is 0 Å². The highest BCUT2D eigenvalue weighted by atomic mass is 16.6. The number of aliphatic hydroxyl groups is 1. The monoisotopic (exact) mass is 127 g/mol. The lowest BCUT2D eigenvalue weighted by molar-refractivity contribution is 0.0856. The molecule has 0 amide bonds. The highest BCUT2D eigenvalue weighted by Crippen LogP contribution is 2.27. The maximum atomic E-state index is 9.24. The van der Waals surface area contributed by atoms with E-state index in [0.29, 0.717) is 6.61 Å². The first-order valence-corrected chi connectivity index (χ1v) is 3.25. The molecule has 1 heterocycles. The molecule has 2 atom stereocenters. The molecule has 50 valence electrons. The molecule has 0 aromatic carbocycles. The Kier molecular flexibility index (Phi) is 0.990. The molecule has 0 aromatic heterocycles.